The molecule has 1 amide bonds. The Bertz CT molecular complexity index is 516. The molecule has 0 aromatic heterocycles. The molecule has 1 aromatic rings. The molecule has 0 spiro atoms. The third-order valence-electron chi connectivity index (χ3n) is 3.73. The minimum Gasteiger partial charge on any atom is -0.493 e. The SMILES string of the molecule is COc1ccc(C2C(N)CC(=O)N2C)cc1OCC(C)C. The van der Waals surface area contributed by atoms with Gasteiger partial charge in [0, 0.05) is 19.5 Å². The molecule has 0 aliphatic carbocycles. The molecule has 1 aliphatic heterocycles. The number of hydrogen-bond donors (Lipinski definition) is 1. The molecular formula is C16H24N2O3. The predicted octanol–water partition coefficient (Wildman–Crippen LogP) is 1.96. The number of likely N-dealkylation sites (tertiary alicyclic amines) is 1. The highest BCUT2D eigenvalue weighted by Crippen LogP contribution is 2.36. The molecule has 5 heteroatoms. The van der Waals surface area contributed by atoms with Crippen LogP contribution in [0.15, 0.2) is 18.2 Å². The van der Waals surface area contributed by atoms with Crippen LogP contribution in [0.5, 0.6) is 11.5 Å². The molecule has 0 radical (unpaired) electrons. The second-order valence-corrected chi connectivity index (χ2v) is 5.93. The van der Waals surface area contributed by atoms with Crippen molar-refractivity contribution in [3.63, 3.8) is 0 Å². The summed E-state index contributed by atoms with van der Waals surface area (Å²) in [5, 5.41) is 0. The van der Waals surface area contributed by atoms with E-state index in [4.69, 9.17) is 15.2 Å². The zero-order chi connectivity index (χ0) is 15.6. The van der Waals surface area contributed by atoms with Crippen LogP contribution in [-0.2, 0) is 4.79 Å². The summed E-state index contributed by atoms with van der Waals surface area (Å²) in [5.41, 5.74) is 7.08. The second kappa shape index (κ2) is 6.35. The molecule has 21 heavy (non-hydrogen) atoms. The first-order valence-corrected chi connectivity index (χ1v) is 7.26. The lowest BCUT2D eigenvalue weighted by Gasteiger charge is -2.24. The van der Waals surface area contributed by atoms with E-state index in [0.717, 1.165) is 5.56 Å². The maximum Gasteiger partial charge on any atom is 0.224 e. The van der Waals surface area contributed by atoms with Gasteiger partial charge in [0.25, 0.3) is 0 Å². The zero-order valence-electron chi connectivity index (χ0n) is 13.1. The van der Waals surface area contributed by atoms with Gasteiger partial charge in [0.1, 0.15) is 0 Å². The van der Waals surface area contributed by atoms with Crippen molar-refractivity contribution >= 4 is 5.91 Å². The van der Waals surface area contributed by atoms with E-state index in [1.54, 1.807) is 19.1 Å². The van der Waals surface area contributed by atoms with Crippen LogP contribution >= 0.6 is 0 Å². The number of rotatable bonds is 5. The van der Waals surface area contributed by atoms with E-state index < -0.39 is 0 Å². The maximum absolute atomic E-state index is 11.8. The number of carbonyl (C=O) groups excluding carboxylic acids is 1. The second-order valence-electron chi connectivity index (χ2n) is 5.93. The number of ether oxygens (including phenoxy) is 2. The van der Waals surface area contributed by atoms with Crippen molar-refractivity contribution in [1.82, 2.24) is 4.90 Å². The molecule has 2 N–H and O–H groups in total. The molecular weight excluding hydrogens is 268 g/mol. The minimum absolute atomic E-state index is 0.0768. The van der Waals surface area contributed by atoms with Gasteiger partial charge in [-0.25, -0.2) is 0 Å². The molecule has 0 saturated carbocycles. The molecule has 2 rings (SSSR count). The monoisotopic (exact) mass is 292 g/mol. The van der Waals surface area contributed by atoms with Crippen LogP contribution < -0.4 is 15.2 Å². The van der Waals surface area contributed by atoms with Gasteiger partial charge in [-0.15, -0.1) is 0 Å². The third-order valence-corrected chi connectivity index (χ3v) is 3.73. The summed E-state index contributed by atoms with van der Waals surface area (Å²) in [6.07, 6.45) is 0.384. The van der Waals surface area contributed by atoms with E-state index in [1.165, 1.54) is 0 Å². The van der Waals surface area contributed by atoms with E-state index in [2.05, 4.69) is 13.8 Å². The highest BCUT2D eigenvalue weighted by atomic mass is 16.5. The molecule has 1 heterocycles. The summed E-state index contributed by atoms with van der Waals surface area (Å²) in [6.45, 7) is 4.80. The molecule has 2 unspecified atom stereocenters. The van der Waals surface area contributed by atoms with Gasteiger partial charge in [0.15, 0.2) is 11.5 Å². The average Bonchev–Trinajstić information content (AvgIpc) is 2.69. The van der Waals surface area contributed by atoms with E-state index in [9.17, 15) is 4.79 Å². The molecule has 1 saturated heterocycles. The number of likely N-dealkylation sites (N-methyl/N-ethyl adjacent to an activating group) is 1. The largest absolute Gasteiger partial charge is 0.493 e. The van der Waals surface area contributed by atoms with Gasteiger partial charge < -0.3 is 20.1 Å². The normalized spacial score (nSPS) is 22.0. The van der Waals surface area contributed by atoms with E-state index in [0.29, 0.717) is 30.4 Å². The van der Waals surface area contributed by atoms with Gasteiger partial charge in [0.2, 0.25) is 5.91 Å². The summed E-state index contributed by atoms with van der Waals surface area (Å²) >= 11 is 0. The number of nitrogens with zero attached hydrogens (tertiary/aromatic N) is 1. The summed E-state index contributed by atoms with van der Waals surface area (Å²) in [6, 6.07) is 5.45. The van der Waals surface area contributed by atoms with Gasteiger partial charge in [0.05, 0.1) is 19.8 Å². The first kappa shape index (κ1) is 15.6. The molecule has 0 bridgehead atoms. The van der Waals surface area contributed by atoms with E-state index in [-0.39, 0.29) is 18.0 Å². The van der Waals surface area contributed by atoms with E-state index in [1.807, 2.05) is 18.2 Å². The van der Waals surface area contributed by atoms with Gasteiger partial charge in [-0.3, -0.25) is 4.79 Å². The van der Waals surface area contributed by atoms with Crippen molar-refractivity contribution in [3.05, 3.63) is 23.8 Å². The van der Waals surface area contributed by atoms with Crippen molar-refractivity contribution in [2.24, 2.45) is 11.7 Å². The van der Waals surface area contributed by atoms with Crippen LogP contribution in [0, 0.1) is 5.92 Å². The number of methoxy groups -OCH3 is 1. The fourth-order valence-corrected chi connectivity index (χ4v) is 2.62. The highest BCUT2D eigenvalue weighted by molar-refractivity contribution is 5.80. The number of carbonyl (C=O) groups is 1. The van der Waals surface area contributed by atoms with Gasteiger partial charge in [-0.1, -0.05) is 19.9 Å². The fourth-order valence-electron chi connectivity index (χ4n) is 2.62. The molecule has 116 valence electrons. The summed E-state index contributed by atoms with van der Waals surface area (Å²) < 4.78 is 11.2. The summed E-state index contributed by atoms with van der Waals surface area (Å²) in [4.78, 5) is 13.5. The molecule has 1 aliphatic rings. The Morgan fingerprint density at radius 3 is 2.62 bits per heavy atom. The first-order valence-electron chi connectivity index (χ1n) is 7.26. The molecule has 1 aromatic carbocycles. The van der Waals surface area contributed by atoms with Crippen molar-refractivity contribution < 1.29 is 14.3 Å². The van der Waals surface area contributed by atoms with Gasteiger partial charge >= 0.3 is 0 Å². The van der Waals surface area contributed by atoms with Crippen molar-refractivity contribution in [2.75, 3.05) is 20.8 Å². The van der Waals surface area contributed by atoms with Gasteiger partial charge in [-0.05, 0) is 23.6 Å². The quantitative estimate of drug-likeness (QED) is 0.901. The first-order chi connectivity index (χ1) is 9.93. The predicted molar refractivity (Wildman–Crippen MR) is 81.4 cm³/mol. The standard InChI is InChI=1S/C16H24N2O3/c1-10(2)9-21-14-7-11(5-6-13(14)20-4)16-12(17)8-15(19)18(16)3/h5-7,10,12,16H,8-9,17H2,1-4H3. The Labute approximate surface area is 126 Å². The molecule has 5 nitrogen and oxygen atoms in total. The molecule has 2 atom stereocenters. The van der Waals surface area contributed by atoms with Crippen molar-refractivity contribution in [1.29, 1.82) is 0 Å². The minimum atomic E-state index is -0.186. The van der Waals surface area contributed by atoms with Crippen LogP contribution in [0.4, 0.5) is 0 Å². The number of hydrogen-bond acceptors (Lipinski definition) is 4. The highest BCUT2D eigenvalue weighted by Gasteiger charge is 2.36. The third kappa shape index (κ3) is 3.29. The van der Waals surface area contributed by atoms with Crippen LogP contribution in [0.1, 0.15) is 31.9 Å². The Morgan fingerprint density at radius 2 is 2.10 bits per heavy atom. The van der Waals surface area contributed by atoms with Crippen LogP contribution in [0.25, 0.3) is 0 Å². The van der Waals surface area contributed by atoms with Crippen LogP contribution in [0.2, 0.25) is 0 Å². The Morgan fingerprint density at radius 1 is 1.38 bits per heavy atom. The Hall–Kier alpha value is -1.75. The van der Waals surface area contributed by atoms with Gasteiger partial charge in [-0.2, -0.15) is 0 Å². The Balaban J connectivity index is 2.28. The zero-order valence-corrected chi connectivity index (χ0v) is 13.1. The van der Waals surface area contributed by atoms with Crippen molar-refractivity contribution in [2.45, 2.75) is 32.4 Å². The average molecular weight is 292 g/mol. The van der Waals surface area contributed by atoms with Crippen molar-refractivity contribution in [3.8, 4) is 11.5 Å². The fraction of sp³-hybridized carbons (Fsp3) is 0.562. The maximum atomic E-state index is 11.8. The number of amides is 1. The van der Waals surface area contributed by atoms with E-state index >= 15 is 0 Å². The summed E-state index contributed by atoms with van der Waals surface area (Å²) in [5.74, 6) is 1.90. The van der Waals surface area contributed by atoms with Crippen LogP contribution in [-0.4, -0.2) is 37.6 Å². The number of benzene rings is 1. The number of nitrogens with two attached hydrogens (primary N) is 1. The lowest BCUT2D eigenvalue weighted by molar-refractivity contribution is -0.127. The lowest BCUT2D eigenvalue weighted by atomic mass is 10.0. The molecule has 1 fully saturated rings. The van der Waals surface area contributed by atoms with Crippen LogP contribution in [0.3, 0.4) is 0 Å². The lowest BCUT2D eigenvalue weighted by Crippen LogP contribution is -2.30. The summed E-state index contributed by atoms with van der Waals surface area (Å²) in [7, 11) is 3.41. The smallest absolute Gasteiger partial charge is 0.224 e. The topological polar surface area (TPSA) is 64.8 Å². The Kier molecular flexibility index (Phi) is 4.73.